The van der Waals surface area contributed by atoms with Gasteiger partial charge in [0.1, 0.15) is 6.10 Å². The number of carbonyl (C=O) groups is 2. The van der Waals surface area contributed by atoms with E-state index in [1.807, 2.05) is 6.92 Å². The number of piperidine rings is 2. The summed E-state index contributed by atoms with van der Waals surface area (Å²) in [6.45, 7) is 7.91. The lowest BCUT2D eigenvalue weighted by atomic mass is 9.66. The Morgan fingerprint density at radius 3 is 2.80 bits per heavy atom. The summed E-state index contributed by atoms with van der Waals surface area (Å²) >= 11 is 0. The molecule has 0 bridgehead atoms. The first-order chi connectivity index (χ1) is 17.1. The van der Waals surface area contributed by atoms with Crippen LogP contribution in [0.5, 0.6) is 0 Å². The Labute approximate surface area is 209 Å². The first kappa shape index (κ1) is 24.1. The topological polar surface area (TPSA) is 83.1 Å². The van der Waals surface area contributed by atoms with E-state index in [9.17, 15) is 9.59 Å². The van der Waals surface area contributed by atoms with Crippen LogP contribution >= 0.6 is 0 Å². The normalized spacial score (nSPS) is 42.1. The molecule has 4 saturated heterocycles. The lowest BCUT2D eigenvalue weighted by Gasteiger charge is -2.52. The average Bonchev–Trinajstić information content (AvgIpc) is 3.22. The van der Waals surface area contributed by atoms with Crippen molar-refractivity contribution in [3.05, 3.63) is 0 Å². The Bertz CT molecular complexity index is 789. The van der Waals surface area contributed by atoms with Crippen molar-refractivity contribution in [2.75, 3.05) is 45.9 Å². The van der Waals surface area contributed by atoms with Crippen molar-refractivity contribution in [2.24, 2.45) is 23.7 Å². The largest absolute Gasteiger partial charge is 0.379 e. The predicted molar refractivity (Wildman–Crippen MR) is 132 cm³/mol. The van der Waals surface area contributed by atoms with Crippen LogP contribution in [0.15, 0.2) is 0 Å². The Kier molecular flexibility index (Phi) is 7.08. The number of nitrogens with one attached hydrogen (secondary N) is 2. The molecule has 0 aromatic rings. The molecule has 6 rings (SSSR count). The summed E-state index contributed by atoms with van der Waals surface area (Å²) in [6, 6.07) is 1.24. The fourth-order valence-electron chi connectivity index (χ4n) is 8.58. The Hall–Kier alpha value is -1.22. The van der Waals surface area contributed by atoms with Crippen molar-refractivity contribution in [1.82, 2.24) is 20.4 Å². The van der Waals surface area contributed by atoms with Gasteiger partial charge in [-0.3, -0.25) is 14.5 Å². The van der Waals surface area contributed by atoms with Gasteiger partial charge in [-0.25, -0.2) is 0 Å². The van der Waals surface area contributed by atoms with Crippen molar-refractivity contribution in [3.63, 3.8) is 0 Å². The average molecular weight is 489 g/mol. The minimum absolute atomic E-state index is 0.00888. The summed E-state index contributed by atoms with van der Waals surface area (Å²) in [5, 5.41) is 6.93. The summed E-state index contributed by atoms with van der Waals surface area (Å²) in [5.41, 5.74) is 0. The van der Waals surface area contributed by atoms with Gasteiger partial charge in [0, 0.05) is 44.2 Å². The molecular weight excluding hydrogens is 444 g/mol. The van der Waals surface area contributed by atoms with Gasteiger partial charge in [-0.15, -0.1) is 0 Å². The monoisotopic (exact) mass is 488 g/mol. The molecule has 2 N–H and O–H groups in total. The van der Waals surface area contributed by atoms with Gasteiger partial charge in [0.05, 0.1) is 25.4 Å². The van der Waals surface area contributed by atoms with E-state index in [0.29, 0.717) is 48.3 Å². The highest BCUT2D eigenvalue weighted by Crippen LogP contribution is 2.54. The van der Waals surface area contributed by atoms with Gasteiger partial charge in [0.25, 0.3) is 0 Å². The van der Waals surface area contributed by atoms with Crippen LogP contribution in [-0.2, 0) is 19.1 Å². The van der Waals surface area contributed by atoms with Crippen molar-refractivity contribution >= 4 is 11.8 Å². The second-order valence-corrected chi connectivity index (χ2v) is 11.9. The standard InChI is InChI=1S/C27H44N4O4/c1-17(26(32)29-10-11-30-12-14-34-15-13-30)35-18-6-7-23-22(16-18)20-8-9-28-24-19-4-2-3-5-21(19)27(33)31(23)25(20)24/h17-25,28H,2-16H2,1H3,(H,29,32). The second-order valence-electron chi connectivity index (χ2n) is 11.9. The van der Waals surface area contributed by atoms with Crippen LogP contribution in [0.4, 0.5) is 0 Å². The number of morpholine rings is 1. The van der Waals surface area contributed by atoms with Crippen molar-refractivity contribution in [3.8, 4) is 0 Å². The van der Waals surface area contributed by atoms with Gasteiger partial charge in [-0.1, -0.05) is 12.8 Å². The molecule has 196 valence electrons. The predicted octanol–water partition coefficient (Wildman–Crippen LogP) is 1.39. The summed E-state index contributed by atoms with van der Waals surface area (Å²) in [6.07, 6.45) is 8.57. The number of carbonyl (C=O) groups excluding carboxylic acids is 2. The maximum absolute atomic E-state index is 13.7. The number of fused-ring (bicyclic) bond motifs is 5. The van der Waals surface area contributed by atoms with Crippen LogP contribution in [0.1, 0.15) is 58.3 Å². The number of rotatable bonds is 6. The van der Waals surface area contributed by atoms with Crippen LogP contribution in [0.2, 0.25) is 0 Å². The highest BCUT2D eigenvalue weighted by atomic mass is 16.5. The third-order valence-corrected chi connectivity index (χ3v) is 10.2. The molecule has 9 unspecified atom stereocenters. The summed E-state index contributed by atoms with van der Waals surface area (Å²) in [7, 11) is 0. The summed E-state index contributed by atoms with van der Waals surface area (Å²) in [4.78, 5) is 31.1. The molecule has 8 nitrogen and oxygen atoms in total. The Balaban J connectivity index is 1.06. The summed E-state index contributed by atoms with van der Waals surface area (Å²) < 4.78 is 11.7. The maximum atomic E-state index is 13.7. The molecule has 35 heavy (non-hydrogen) atoms. The van der Waals surface area contributed by atoms with Gasteiger partial charge >= 0.3 is 0 Å². The van der Waals surface area contributed by atoms with Crippen molar-refractivity contribution in [1.29, 1.82) is 0 Å². The molecule has 0 aromatic carbocycles. The molecule has 0 aromatic heterocycles. The number of ether oxygens (including phenoxy) is 2. The second kappa shape index (κ2) is 10.3. The van der Waals surface area contributed by atoms with Gasteiger partial charge in [0.15, 0.2) is 0 Å². The van der Waals surface area contributed by atoms with Crippen molar-refractivity contribution in [2.45, 2.75) is 88.6 Å². The van der Waals surface area contributed by atoms with Gasteiger partial charge in [0.2, 0.25) is 11.8 Å². The van der Waals surface area contributed by atoms with Crippen LogP contribution in [0.25, 0.3) is 0 Å². The molecule has 2 amide bonds. The lowest BCUT2D eigenvalue weighted by Crippen LogP contribution is -2.66. The van der Waals surface area contributed by atoms with E-state index in [1.165, 1.54) is 19.3 Å². The Morgan fingerprint density at radius 2 is 1.94 bits per heavy atom. The van der Waals surface area contributed by atoms with E-state index in [-0.39, 0.29) is 17.9 Å². The number of nitrogens with zero attached hydrogens (tertiary/aromatic N) is 2. The molecule has 4 aliphatic heterocycles. The zero-order valence-corrected chi connectivity index (χ0v) is 21.3. The van der Waals surface area contributed by atoms with Crippen LogP contribution < -0.4 is 10.6 Å². The molecule has 4 heterocycles. The summed E-state index contributed by atoms with van der Waals surface area (Å²) in [5.74, 6) is 2.33. The zero-order valence-electron chi connectivity index (χ0n) is 21.3. The Morgan fingerprint density at radius 1 is 1.11 bits per heavy atom. The third-order valence-electron chi connectivity index (χ3n) is 10.2. The lowest BCUT2D eigenvalue weighted by molar-refractivity contribution is -0.152. The molecule has 2 saturated carbocycles. The van der Waals surface area contributed by atoms with Gasteiger partial charge < -0.3 is 25.0 Å². The molecule has 6 aliphatic rings. The molecule has 2 aliphatic carbocycles. The molecule has 6 fully saturated rings. The number of hydrogen-bond donors (Lipinski definition) is 2. The van der Waals surface area contributed by atoms with E-state index < -0.39 is 6.10 Å². The number of amides is 2. The highest BCUT2D eigenvalue weighted by molar-refractivity contribution is 5.82. The third kappa shape index (κ3) is 4.53. The molecule has 8 heteroatoms. The SMILES string of the molecule is CC(OC1CCC2C(C1)C1CCNC3C4CCCCC4C(=O)N2C13)C(=O)NCCN1CCOCC1. The van der Waals surface area contributed by atoms with Gasteiger partial charge in [-0.2, -0.15) is 0 Å². The van der Waals surface area contributed by atoms with Gasteiger partial charge in [-0.05, 0) is 69.7 Å². The first-order valence-electron chi connectivity index (χ1n) is 14.4. The molecule has 0 radical (unpaired) electrons. The van der Waals surface area contributed by atoms with Crippen molar-refractivity contribution < 1.29 is 19.1 Å². The zero-order chi connectivity index (χ0) is 23.9. The quantitative estimate of drug-likeness (QED) is 0.588. The van der Waals surface area contributed by atoms with Crippen LogP contribution in [0, 0.1) is 23.7 Å². The number of hydrogen-bond acceptors (Lipinski definition) is 6. The maximum Gasteiger partial charge on any atom is 0.248 e. The minimum atomic E-state index is -0.435. The van der Waals surface area contributed by atoms with E-state index in [0.717, 1.165) is 71.5 Å². The van der Waals surface area contributed by atoms with E-state index in [4.69, 9.17) is 9.47 Å². The molecule has 0 spiro atoms. The van der Waals surface area contributed by atoms with E-state index in [1.54, 1.807) is 0 Å². The van der Waals surface area contributed by atoms with E-state index >= 15 is 0 Å². The fourth-order valence-corrected chi connectivity index (χ4v) is 8.58. The first-order valence-corrected chi connectivity index (χ1v) is 14.4. The minimum Gasteiger partial charge on any atom is -0.379 e. The van der Waals surface area contributed by atoms with Crippen LogP contribution in [-0.4, -0.2) is 97.9 Å². The van der Waals surface area contributed by atoms with E-state index in [2.05, 4.69) is 20.4 Å². The molecule has 9 atom stereocenters. The smallest absolute Gasteiger partial charge is 0.248 e. The molecular formula is C27H44N4O4. The highest BCUT2D eigenvalue weighted by Gasteiger charge is 2.61. The van der Waals surface area contributed by atoms with Crippen LogP contribution in [0.3, 0.4) is 0 Å². The fraction of sp³-hybridized carbons (Fsp3) is 0.926.